The van der Waals surface area contributed by atoms with E-state index in [0.717, 1.165) is 22.2 Å². The predicted molar refractivity (Wildman–Crippen MR) is 104 cm³/mol. The number of rotatable bonds is 7. The van der Waals surface area contributed by atoms with Crippen LogP contribution in [-0.4, -0.2) is 14.6 Å². The maximum atomic E-state index is 4.91. The molecule has 0 aliphatic carbocycles. The lowest BCUT2D eigenvalue weighted by molar-refractivity contribution is 0.668. The van der Waals surface area contributed by atoms with Gasteiger partial charge in [-0.15, -0.1) is 0 Å². The van der Waals surface area contributed by atoms with Crippen molar-refractivity contribution in [3.05, 3.63) is 53.9 Å². The van der Waals surface area contributed by atoms with Gasteiger partial charge in [-0.25, -0.2) is 9.50 Å². The molecule has 0 spiro atoms. The molecule has 1 aromatic carbocycles. The third-order valence-corrected chi connectivity index (χ3v) is 4.91. The normalized spacial score (nSPS) is 11.2. The first kappa shape index (κ1) is 16.4. The van der Waals surface area contributed by atoms with Crippen molar-refractivity contribution in [1.29, 1.82) is 0 Å². The number of aryl methyl sites for hydroxylation is 1. The fraction of sp³-hybridized carbons (Fsp3) is 0.368. The molecule has 0 aliphatic rings. The minimum atomic E-state index is 0.924. The number of hydrogen-bond donors (Lipinski definition) is 0. The quantitative estimate of drug-likeness (QED) is 0.290. The van der Waals surface area contributed by atoms with Gasteiger partial charge >= 0.3 is 0 Å². The van der Waals surface area contributed by atoms with Crippen LogP contribution in [0.2, 0.25) is 0 Å². The molecule has 0 saturated carbocycles. The molecule has 120 valence electrons. The Bertz CT molecular complexity index is 765. The molecule has 2 heterocycles. The molecule has 0 atom stereocenters. The van der Waals surface area contributed by atoms with Gasteiger partial charge < -0.3 is 0 Å². The van der Waals surface area contributed by atoms with Crippen molar-refractivity contribution in [3.63, 3.8) is 0 Å². The van der Waals surface area contributed by atoms with Gasteiger partial charge in [-0.1, -0.05) is 79.1 Å². The first-order valence-electron chi connectivity index (χ1n) is 8.31. The highest BCUT2D eigenvalue weighted by molar-refractivity contribution is 14.1. The van der Waals surface area contributed by atoms with E-state index in [2.05, 4.69) is 64.9 Å². The van der Waals surface area contributed by atoms with Gasteiger partial charge in [-0.05, 0) is 18.9 Å². The summed E-state index contributed by atoms with van der Waals surface area (Å²) in [4.78, 5) is 4.91. The lowest BCUT2D eigenvalue weighted by Gasteiger charge is -2.07. The van der Waals surface area contributed by atoms with Crippen molar-refractivity contribution in [3.8, 4) is 11.3 Å². The van der Waals surface area contributed by atoms with Gasteiger partial charge in [0, 0.05) is 15.6 Å². The Morgan fingerprint density at radius 3 is 2.65 bits per heavy atom. The Kier molecular flexibility index (Phi) is 5.65. The molecule has 0 saturated heterocycles. The highest BCUT2D eigenvalue weighted by Gasteiger charge is 2.11. The molecule has 0 unspecified atom stereocenters. The van der Waals surface area contributed by atoms with Gasteiger partial charge in [0.15, 0.2) is 5.65 Å². The van der Waals surface area contributed by atoms with Crippen molar-refractivity contribution in [2.24, 2.45) is 0 Å². The van der Waals surface area contributed by atoms with Crippen LogP contribution in [0.5, 0.6) is 0 Å². The smallest absolute Gasteiger partial charge is 0.159 e. The SMILES string of the molecule is CCCCCCc1cnn2c(CI)cc(-c3ccccc3)nc12. The van der Waals surface area contributed by atoms with Gasteiger partial charge in [-0.3, -0.25) is 0 Å². The molecule has 4 heteroatoms. The molecule has 0 bridgehead atoms. The lowest BCUT2D eigenvalue weighted by atomic mass is 10.1. The first-order valence-corrected chi connectivity index (χ1v) is 9.84. The largest absolute Gasteiger partial charge is 0.228 e. The summed E-state index contributed by atoms with van der Waals surface area (Å²) in [5.74, 6) is 0. The van der Waals surface area contributed by atoms with Gasteiger partial charge in [0.1, 0.15) is 0 Å². The zero-order chi connectivity index (χ0) is 16.1. The van der Waals surface area contributed by atoms with E-state index in [1.807, 2.05) is 16.8 Å². The third-order valence-electron chi connectivity index (χ3n) is 4.12. The number of nitrogens with zero attached hydrogens (tertiary/aromatic N) is 3. The zero-order valence-electron chi connectivity index (χ0n) is 13.5. The van der Waals surface area contributed by atoms with Crippen LogP contribution >= 0.6 is 22.6 Å². The van der Waals surface area contributed by atoms with Gasteiger partial charge in [0.2, 0.25) is 0 Å². The molecule has 3 rings (SSSR count). The fourth-order valence-corrected chi connectivity index (χ4v) is 3.38. The van der Waals surface area contributed by atoms with Gasteiger partial charge in [-0.2, -0.15) is 5.10 Å². The highest BCUT2D eigenvalue weighted by atomic mass is 127. The summed E-state index contributed by atoms with van der Waals surface area (Å²) in [7, 11) is 0. The van der Waals surface area contributed by atoms with E-state index in [1.54, 1.807) is 0 Å². The second-order valence-electron chi connectivity index (χ2n) is 5.85. The van der Waals surface area contributed by atoms with Crippen LogP contribution in [0.4, 0.5) is 0 Å². The van der Waals surface area contributed by atoms with Crippen molar-refractivity contribution in [2.75, 3.05) is 0 Å². The van der Waals surface area contributed by atoms with Crippen LogP contribution in [0.25, 0.3) is 16.9 Å². The summed E-state index contributed by atoms with van der Waals surface area (Å²) in [6.07, 6.45) is 8.14. The lowest BCUT2D eigenvalue weighted by Crippen LogP contribution is -2.00. The van der Waals surface area contributed by atoms with Crippen molar-refractivity contribution < 1.29 is 0 Å². The second kappa shape index (κ2) is 7.90. The molecular formula is C19H22IN3. The number of aromatic nitrogens is 3. The monoisotopic (exact) mass is 419 g/mol. The summed E-state index contributed by atoms with van der Waals surface area (Å²) in [5.41, 5.74) is 5.70. The molecule has 23 heavy (non-hydrogen) atoms. The number of alkyl halides is 1. The van der Waals surface area contributed by atoms with E-state index in [0.29, 0.717) is 0 Å². The molecule has 0 amide bonds. The average Bonchev–Trinajstić information content (AvgIpc) is 3.02. The van der Waals surface area contributed by atoms with Crippen LogP contribution < -0.4 is 0 Å². The van der Waals surface area contributed by atoms with Gasteiger partial charge in [0.25, 0.3) is 0 Å². The molecular weight excluding hydrogens is 397 g/mol. The summed E-state index contributed by atoms with van der Waals surface area (Å²) in [6, 6.07) is 12.6. The molecule has 3 nitrogen and oxygen atoms in total. The number of unbranched alkanes of at least 4 members (excludes halogenated alkanes) is 3. The van der Waals surface area contributed by atoms with Crippen molar-refractivity contribution in [2.45, 2.75) is 43.5 Å². The number of hydrogen-bond acceptors (Lipinski definition) is 2. The Balaban J connectivity index is 1.97. The van der Waals surface area contributed by atoms with Crippen LogP contribution in [0.1, 0.15) is 43.9 Å². The third kappa shape index (κ3) is 3.74. The molecule has 0 radical (unpaired) electrons. The fourth-order valence-electron chi connectivity index (χ4n) is 2.84. The summed E-state index contributed by atoms with van der Waals surface area (Å²) < 4.78 is 2.93. The van der Waals surface area contributed by atoms with Crippen LogP contribution in [0, 0.1) is 0 Å². The molecule has 2 aromatic heterocycles. The minimum Gasteiger partial charge on any atom is -0.228 e. The Labute approximate surface area is 151 Å². The predicted octanol–water partition coefficient (Wildman–Crippen LogP) is 5.45. The van der Waals surface area contributed by atoms with E-state index in [9.17, 15) is 0 Å². The maximum Gasteiger partial charge on any atom is 0.159 e. The van der Waals surface area contributed by atoms with E-state index in [1.165, 1.54) is 42.5 Å². The minimum absolute atomic E-state index is 0.924. The highest BCUT2D eigenvalue weighted by Crippen LogP contribution is 2.23. The van der Waals surface area contributed by atoms with E-state index < -0.39 is 0 Å². The molecule has 0 fully saturated rings. The van der Waals surface area contributed by atoms with Crippen LogP contribution in [0.3, 0.4) is 0 Å². The van der Waals surface area contributed by atoms with Crippen LogP contribution in [-0.2, 0) is 10.8 Å². The van der Waals surface area contributed by atoms with E-state index in [-0.39, 0.29) is 0 Å². The second-order valence-corrected chi connectivity index (χ2v) is 6.61. The molecule has 0 N–H and O–H groups in total. The Morgan fingerprint density at radius 1 is 1.09 bits per heavy atom. The maximum absolute atomic E-state index is 4.91. The summed E-state index contributed by atoms with van der Waals surface area (Å²) in [6.45, 7) is 2.25. The molecule has 0 aliphatic heterocycles. The zero-order valence-corrected chi connectivity index (χ0v) is 15.7. The summed E-state index contributed by atoms with van der Waals surface area (Å²) >= 11 is 2.40. The molecule has 3 aromatic rings. The average molecular weight is 419 g/mol. The van der Waals surface area contributed by atoms with Crippen molar-refractivity contribution in [1.82, 2.24) is 14.6 Å². The topological polar surface area (TPSA) is 30.2 Å². The summed E-state index contributed by atoms with van der Waals surface area (Å²) in [5, 5.41) is 4.57. The first-order chi connectivity index (χ1) is 11.3. The number of fused-ring (bicyclic) bond motifs is 1. The number of benzene rings is 1. The Hall–Kier alpha value is -1.43. The van der Waals surface area contributed by atoms with E-state index in [4.69, 9.17) is 4.98 Å². The Morgan fingerprint density at radius 2 is 1.91 bits per heavy atom. The van der Waals surface area contributed by atoms with Crippen molar-refractivity contribution >= 4 is 28.2 Å². The standard InChI is InChI=1S/C19H22IN3/c1-2-3-4-6-11-16-14-21-23-17(13-20)12-18(22-19(16)23)15-9-7-5-8-10-15/h5,7-10,12,14H,2-4,6,11,13H2,1H3. The van der Waals surface area contributed by atoms with E-state index >= 15 is 0 Å². The number of halogens is 1. The van der Waals surface area contributed by atoms with Gasteiger partial charge in [0.05, 0.1) is 17.6 Å². The van der Waals surface area contributed by atoms with Crippen LogP contribution in [0.15, 0.2) is 42.6 Å².